The number of aromatic hydroxyl groups is 1. The van der Waals surface area contributed by atoms with E-state index in [0.29, 0.717) is 0 Å². The number of hydrogen-bond donors (Lipinski definition) is 1. The van der Waals surface area contributed by atoms with Gasteiger partial charge in [0.25, 0.3) is 5.56 Å². The lowest BCUT2D eigenvalue weighted by Gasteiger charge is -2.44. The fourth-order valence-electron chi connectivity index (χ4n) is 3.64. The van der Waals surface area contributed by atoms with Crippen LogP contribution in [0.4, 0.5) is 0 Å². The van der Waals surface area contributed by atoms with E-state index in [1.54, 1.807) is 0 Å². The van der Waals surface area contributed by atoms with Crippen molar-refractivity contribution in [2.75, 3.05) is 0 Å². The lowest BCUT2D eigenvalue weighted by molar-refractivity contribution is 0.0650. The van der Waals surface area contributed by atoms with Gasteiger partial charge in [0.1, 0.15) is 5.75 Å². The molecule has 0 saturated heterocycles. The van der Waals surface area contributed by atoms with E-state index in [9.17, 15) is 9.90 Å². The minimum Gasteiger partial charge on any atom is -0.506 e. The SMILES string of the molecule is CC1(C)CC(n2ncc(O)cc2=O)CC(C)(C)C1. The molecular weight excluding hydrogens is 228 g/mol. The summed E-state index contributed by atoms with van der Waals surface area (Å²) in [5, 5.41) is 13.4. The predicted octanol–water partition coefficient (Wildman–Crippen LogP) is 2.73. The van der Waals surface area contributed by atoms with E-state index in [4.69, 9.17) is 0 Å². The first kappa shape index (κ1) is 13.1. The Morgan fingerprint density at radius 2 is 1.83 bits per heavy atom. The lowest BCUT2D eigenvalue weighted by Crippen LogP contribution is -2.39. The molecule has 0 spiro atoms. The predicted molar refractivity (Wildman–Crippen MR) is 70.6 cm³/mol. The fraction of sp³-hybridized carbons (Fsp3) is 0.714. The summed E-state index contributed by atoms with van der Waals surface area (Å²) >= 11 is 0. The molecule has 0 atom stereocenters. The molecule has 0 aliphatic heterocycles. The van der Waals surface area contributed by atoms with Gasteiger partial charge >= 0.3 is 0 Å². The zero-order chi connectivity index (χ0) is 13.6. The van der Waals surface area contributed by atoms with Crippen molar-refractivity contribution in [1.29, 1.82) is 0 Å². The number of aromatic nitrogens is 2. The standard InChI is InChI=1S/C14H22N2O2/c1-13(2)6-10(7-14(3,4)9-13)16-12(18)5-11(17)8-15-16/h5,8,10,17H,6-7,9H2,1-4H3. The van der Waals surface area contributed by atoms with Gasteiger partial charge in [0, 0.05) is 6.07 Å². The minimum atomic E-state index is -0.214. The van der Waals surface area contributed by atoms with Gasteiger partial charge in [0.2, 0.25) is 0 Å². The van der Waals surface area contributed by atoms with Crippen LogP contribution in [0.2, 0.25) is 0 Å². The Bertz CT molecular complexity index is 487. The molecule has 1 aromatic rings. The number of hydrogen-bond acceptors (Lipinski definition) is 3. The van der Waals surface area contributed by atoms with Gasteiger partial charge in [0.15, 0.2) is 0 Å². The summed E-state index contributed by atoms with van der Waals surface area (Å²) in [5.41, 5.74) is 0.213. The zero-order valence-corrected chi connectivity index (χ0v) is 11.6. The summed E-state index contributed by atoms with van der Waals surface area (Å²) in [5.74, 6) is -0.0643. The molecule has 1 aromatic heterocycles. The van der Waals surface area contributed by atoms with Crippen LogP contribution in [0.1, 0.15) is 53.0 Å². The average molecular weight is 250 g/mol. The Kier molecular flexibility index (Phi) is 2.99. The van der Waals surface area contributed by atoms with Crippen LogP contribution >= 0.6 is 0 Å². The van der Waals surface area contributed by atoms with Crippen LogP contribution < -0.4 is 5.56 Å². The van der Waals surface area contributed by atoms with Crippen LogP contribution in [0.3, 0.4) is 0 Å². The lowest BCUT2D eigenvalue weighted by atomic mass is 9.63. The first-order valence-corrected chi connectivity index (χ1v) is 6.46. The zero-order valence-electron chi connectivity index (χ0n) is 11.6. The van der Waals surface area contributed by atoms with Crippen LogP contribution in [-0.2, 0) is 0 Å². The Hall–Kier alpha value is -1.32. The smallest absolute Gasteiger partial charge is 0.270 e. The van der Waals surface area contributed by atoms with Crippen molar-refractivity contribution in [3.05, 3.63) is 22.6 Å². The van der Waals surface area contributed by atoms with E-state index in [-0.39, 0.29) is 28.2 Å². The Labute approximate surface area is 108 Å². The van der Waals surface area contributed by atoms with Gasteiger partial charge in [0.05, 0.1) is 12.2 Å². The molecule has 1 N–H and O–H groups in total. The molecule has 0 amide bonds. The van der Waals surface area contributed by atoms with Crippen LogP contribution in [0.25, 0.3) is 0 Å². The van der Waals surface area contributed by atoms with Gasteiger partial charge < -0.3 is 5.11 Å². The highest BCUT2D eigenvalue weighted by molar-refractivity contribution is 5.11. The van der Waals surface area contributed by atoms with Gasteiger partial charge in [-0.2, -0.15) is 5.10 Å². The third-order valence-electron chi connectivity index (χ3n) is 3.69. The first-order chi connectivity index (χ1) is 8.19. The molecule has 1 heterocycles. The summed E-state index contributed by atoms with van der Waals surface area (Å²) in [6, 6.07) is 1.36. The van der Waals surface area contributed by atoms with Crippen molar-refractivity contribution >= 4 is 0 Å². The number of rotatable bonds is 1. The molecule has 100 valence electrons. The first-order valence-electron chi connectivity index (χ1n) is 6.46. The van der Waals surface area contributed by atoms with Gasteiger partial charge in [-0.15, -0.1) is 0 Å². The molecule has 0 aromatic carbocycles. The Morgan fingerprint density at radius 3 is 2.33 bits per heavy atom. The maximum Gasteiger partial charge on any atom is 0.270 e. The van der Waals surface area contributed by atoms with E-state index < -0.39 is 0 Å². The fourth-order valence-corrected chi connectivity index (χ4v) is 3.64. The van der Waals surface area contributed by atoms with Crippen LogP contribution in [-0.4, -0.2) is 14.9 Å². The molecule has 0 radical (unpaired) electrons. The molecule has 1 fully saturated rings. The van der Waals surface area contributed by atoms with E-state index in [1.807, 2.05) is 0 Å². The molecular formula is C14H22N2O2. The molecule has 0 unspecified atom stereocenters. The molecule has 4 nitrogen and oxygen atoms in total. The number of nitrogens with zero attached hydrogens (tertiary/aromatic N) is 2. The maximum absolute atomic E-state index is 11.9. The summed E-state index contributed by atoms with van der Waals surface area (Å²) in [4.78, 5) is 11.9. The van der Waals surface area contributed by atoms with Crippen LogP contribution in [0, 0.1) is 10.8 Å². The average Bonchev–Trinajstić information content (AvgIpc) is 2.11. The normalized spacial score (nSPS) is 22.9. The van der Waals surface area contributed by atoms with Crippen molar-refractivity contribution in [3.63, 3.8) is 0 Å². The molecule has 1 saturated carbocycles. The quantitative estimate of drug-likeness (QED) is 0.833. The van der Waals surface area contributed by atoms with E-state index in [0.717, 1.165) is 19.3 Å². The Morgan fingerprint density at radius 1 is 1.28 bits per heavy atom. The highest BCUT2D eigenvalue weighted by atomic mass is 16.3. The summed E-state index contributed by atoms with van der Waals surface area (Å²) < 4.78 is 1.53. The van der Waals surface area contributed by atoms with E-state index in [2.05, 4.69) is 32.8 Å². The molecule has 1 aliphatic carbocycles. The third-order valence-corrected chi connectivity index (χ3v) is 3.69. The summed E-state index contributed by atoms with van der Waals surface area (Å²) in [6.45, 7) is 8.97. The molecule has 18 heavy (non-hydrogen) atoms. The van der Waals surface area contributed by atoms with Gasteiger partial charge in [-0.05, 0) is 30.1 Å². The van der Waals surface area contributed by atoms with Crippen molar-refractivity contribution in [1.82, 2.24) is 9.78 Å². The second kappa shape index (κ2) is 4.11. The molecule has 4 heteroatoms. The summed E-state index contributed by atoms with van der Waals surface area (Å²) in [7, 11) is 0. The second-order valence-corrected chi connectivity index (χ2v) is 7.06. The van der Waals surface area contributed by atoms with Crippen molar-refractivity contribution in [2.45, 2.75) is 53.0 Å². The third kappa shape index (κ3) is 2.74. The van der Waals surface area contributed by atoms with E-state index >= 15 is 0 Å². The van der Waals surface area contributed by atoms with Crippen molar-refractivity contribution in [3.8, 4) is 5.75 Å². The minimum absolute atomic E-state index is 0.0643. The van der Waals surface area contributed by atoms with Crippen LogP contribution in [0.5, 0.6) is 5.75 Å². The topological polar surface area (TPSA) is 55.1 Å². The Balaban J connectivity index is 2.35. The van der Waals surface area contributed by atoms with Crippen molar-refractivity contribution < 1.29 is 5.11 Å². The molecule has 1 aliphatic rings. The maximum atomic E-state index is 11.9. The molecule has 2 rings (SSSR count). The van der Waals surface area contributed by atoms with Gasteiger partial charge in [-0.1, -0.05) is 27.7 Å². The second-order valence-electron chi connectivity index (χ2n) is 7.06. The van der Waals surface area contributed by atoms with Crippen molar-refractivity contribution in [2.24, 2.45) is 10.8 Å². The van der Waals surface area contributed by atoms with Gasteiger partial charge in [-0.3, -0.25) is 4.79 Å². The monoisotopic (exact) mass is 250 g/mol. The molecule has 0 bridgehead atoms. The van der Waals surface area contributed by atoms with E-state index in [1.165, 1.54) is 16.9 Å². The van der Waals surface area contributed by atoms with Gasteiger partial charge in [-0.25, -0.2) is 4.68 Å². The largest absolute Gasteiger partial charge is 0.506 e. The van der Waals surface area contributed by atoms with Crippen LogP contribution in [0.15, 0.2) is 17.1 Å². The highest BCUT2D eigenvalue weighted by Crippen LogP contribution is 2.49. The highest BCUT2D eigenvalue weighted by Gasteiger charge is 2.39. The summed E-state index contributed by atoms with van der Waals surface area (Å²) in [6.07, 6.45) is 4.40.